The molecule has 0 spiro atoms. The number of piperidine rings is 1. The molecule has 31 heavy (non-hydrogen) atoms. The molecule has 3 heterocycles. The molecular formula is C24H24N2O5. The van der Waals surface area contributed by atoms with Crippen LogP contribution in [0.3, 0.4) is 0 Å². The SMILES string of the molecule is O=C(Nc1ccc2c(c1)OCO2)C1CCN(C(=O)/C=C/c2ccc3c(c2)CCO3)CC1. The van der Waals surface area contributed by atoms with Crippen LogP contribution in [0.25, 0.3) is 6.08 Å². The van der Waals surface area contributed by atoms with E-state index < -0.39 is 0 Å². The van der Waals surface area contributed by atoms with E-state index in [0.29, 0.717) is 43.1 Å². The number of amides is 2. The monoisotopic (exact) mass is 420 g/mol. The summed E-state index contributed by atoms with van der Waals surface area (Å²) in [7, 11) is 0. The zero-order valence-electron chi connectivity index (χ0n) is 17.1. The van der Waals surface area contributed by atoms with Crippen molar-refractivity contribution >= 4 is 23.6 Å². The van der Waals surface area contributed by atoms with Crippen LogP contribution in [0.4, 0.5) is 5.69 Å². The number of nitrogens with one attached hydrogen (secondary N) is 1. The number of fused-ring (bicyclic) bond motifs is 2. The Hall–Kier alpha value is -3.48. The topological polar surface area (TPSA) is 77.1 Å². The van der Waals surface area contributed by atoms with Crippen molar-refractivity contribution in [3.8, 4) is 17.2 Å². The van der Waals surface area contributed by atoms with Crippen molar-refractivity contribution in [1.29, 1.82) is 0 Å². The first-order valence-corrected chi connectivity index (χ1v) is 10.6. The zero-order chi connectivity index (χ0) is 21.2. The van der Waals surface area contributed by atoms with Gasteiger partial charge < -0.3 is 24.4 Å². The summed E-state index contributed by atoms with van der Waals surface area (Å²) in [6.45, 7) is 2.06. The van der Waals surface area contributed by atoms with E-state index in [-0.39, 0.29) is 24.5 Å². The molecule has 2 aromatic rings. The number of carbonyl (C=O) groups excluding carboxylic acids is 2. The molecule has 0 unspecified atom stereocenters. The normalized spacial score (nSPS) is 17.5. The molecule has 3 aliphatic heterocycles. The fourth-order valence-corrected chi connectivity index (χ4v) is 4.16. The van der Waals surface area contributed by atoms with Crippen LogP contribution in [0.15, 0.2) is 42.5 Å². The van der Waals surface area contributed by atoms with Gasteiger partial charge in [-0.05, 0) is 54.3 Å². The van der Waals surface area contributed by atoms with Crippen molar-refractivity contribution in [2.24, 2.45) is 5.92 Å². The van der Waals surface area contributed by atoms with E-state index in [0.717, 1.165) is 24.3 Å². The molecule has 0 saturated carbocycles. The zero-order valence-corrected chi connectivity index (χ0v) is 17.1. The van der Waals surface area contributed by atoms with Gasteiger partial charge in [-0.2, -0.15) is 0 Å². The van der Waals surface area contributed by atoms with Gasteiger partial charge in [0.15, 0.2) is 11.5 Å². The minimum atomic E-state index is -0.116. The Morgan fingerprint density at radius 2 is 1.77 bits per heavy atom. The third-order valence-corrected chi connectivity index (χ3v) is 5.95. The third-order valence-electron chi connectivity index (χ3n) is 5.95. The molecule has 0 aliphatic carbocycles. The summed E-state index contributed by atoms with van der Waals surface area (Å²) in [6, 6.07) is 11.4. The highest BCUT2D eigenvalue weighted by molar-refractivity contribution is 5.94. The van der Waals surface area contributed by atoms with E-state index in [1.165, 1.54) is 5.56 Å². The number of ether oxygens (including phenoxy) is 3. The van der Waals surface area contributed by atoms with Gasteiger partial charge in [-0.25, -0.2) is 0 Å². The first-order chi connectivity index (χ1) is 15.2. The lowest BCUT2D eigenvalue weighted by atomic mass is 9.95. The second kappa shape index (κ2) is 8.34. The van der Waals surface area contributed by atoms with Crippen molar-refractivity contribution < 1.29 is 23.8 Å². The maximum Gasteiger partial charge on any atom is 0.246 e. The molecule has 0 aromatic heterocycles. The molecule has 1 saturated heterocycles. The van der Waals surface area contributed by atoms with Gasteiger partial charge in [-0.15, -0.1) is 0 Å². The highest BCUT2D eigenvalue weighted by atomic mass is 16.7. The maximum absolute atomic E-state index is 12.6. The average Bonchev–Trinajstić information content (AvgIpc) is 3.46. The quantitative estimate of drug-likeness (QED) is 0.769. The Bertz CT molecular complexity index is 1040. The van der Waals surface area contributed by atoms with Gasteiger partial charge in [0.25, 0.3) is 0 Å². The summed E-state index contributed by atoms with van der Waals surface area (Å²) in [5.74, 6) is 2.10. The van der Waals surface area contributed by atoms with Crippen molar-refractivity contribution in [3.05, 3.63) is 53.6 Å². The van der Waals surface area contributed by atoms with Crippen LogP contribution in [-0.4, -0.2) is 43.2 Å². The molecule has 160 valence electrons. The van der Waals surface area contributed by atoms with Gasteiger partial charge >= 0.3 is 0 Å². The molecular weight excluding hydrogens is 396 g/mol. The molecule has 1 N–H and O–H groups in total. The molecule has 7 heteroatoms. The molecule has 7 nitrogen and oxygen atoms in total. The molecule has 0 atom stereocenters. The fourth-order valence-electron chi connectivity index (χ4n) is 4.16. The van der Waals surface area contributed by atoms with Gasteiger partial charge in [0.05, 0.1) is 6.61 Å². The summed E-state index contributed by atoms with van der Waals surface area (Å²) < 4.78 is 16.2. The third kappa shape index (κ3) is 4.21. The lowest BCUT2D eigenvalue weighted by molar-refractivity contribution is -0.130. The molecule has 1 fully saturated rings. The largest absolute Gasteiger partial charge is 0.493 e. The number of hydrogen-bond acceptors (Lipinski definition) is 5. The number of benzene rings is 2. The highest BCUT2D eigenvalue weighted by Gasteiger charge is 2.27. The number of anilines is 1. The first kappa shape index (κ1) is 19.5. The second-order valence-corrected chi connectivity index (χ2v) is 7.96. The fraction of sp³-hybridized carbons (Fsp3) is 0.333. The van der Waals surface area contributed by atoms with Crippen LogP contribution in [0.5, 0.6) is 17.2 Å². The molecule has 5 rings (SSSR count). The Balaban J connectivity index is 1.13. The lowest BCUT2D eigenvalue weighted by Crippen LogP contribution is -2.40. The standard InChI is InChI=1S/C24H24N2O5/c27-23(6-2-16-1-4-20-18(13-16)9-12-29-20)26-10-7-17(8-11-26)24(28)25-19-3-5-21-22(14-19)31-15-30-21/h1-6,13-14,17H,7-12,15H2,(H,25,28)/b6-2+. The highest BCUT2D eigenvalue weighted by Crippen LogP contribution is 2.34. The Labute approximate surface area is 180 Å². The second-order valence-electron chi connectivity index (χ2n) is 7.96. The number of likely N-dealkylation sites (tertiary alicyclic amines) is 1. The summed E-state index contributed by atoms with van der Waals surface area (Å²) in [4.78, 5) is 27.0. The van der Waals surface area contributed by atoms with E-state index in [9.17, 15) is 9.59 Å². The smallest absolute Gasteiger partial charge is 0.246 e. The average molecular weight is 420 g/mol. The van der Waals surface area contributed by atoms with Crippen molar-refractivity contribution in [2.45, 2.75) is 19.3 Å². The maximum atomic E-state index is 12.6. The van der Waals surface area contributed by atoms with E-state index in [4.69, 9.17) is 14.2 Å². The van der Waals surface area contributed by atoms with Crippen LogP contribution in [-0.2, 0) is 16.0 Å². The van der Waals surface area contributed by atoms with Crippen LogP contribution < -0.4 is 19.5 Å². The van der Waals surface area contributed by atoms with E-state index in [1.54, 1.807) is 29.2 Å². The minimum absolute atomic E-state index is 0.0219. The van der Waals surface area contributed by atoms with E-state index in [1.807, 2.05) is 18.2 Å². The van der Waals surface area contributed by atoms with Gasteiger partial charge in [-0.1, -0.05) is 6.07 Å². The number of hydrogen-bond donors (Lipinski definition) is 1. The van der Waals surface area contributed by atoms with Crippen molar-refractivity contribution in [3.63, 3.8) is 0 Å². The number of nitrogens with zero attached hydrogens (tertiary/aromatic N) is 1. The predicted octanol–water partition coefficient (Wildman–Crippen LogP) is 3.24. The summed E-state index contributed by atoms with van der Waals surface area (Å²) in [5, 5.41) is 2.95. The Morgan fingerprint density at radius 1 is 0.968 bits per heavy atom. The van der Waals surface area contributed by atoms with Gasteiger partial charge in [0, 0.05) is 43.3 Å². The van der Waals surface area contributed by atoms with E-state index >= 15 is 0 Å². The lowest BCUT2D eigenvalue weighted by Gasteiger charge is -2.30. The Morgan fingerprint density at radius 3 is 2.65 bits per heavy atom. The summed E-state index contributed by atoms with van der Waals surface area (Å²) >= 11 is 0. The van der Waals surface area contributed by atoms with E-state index in [2.05, 4.69) is 11.4 Å². The number of carbonyl (C=O) groups is 2. The molecule has 0 radical (unpaired) electrons. The molecule has 2 aromatic carbocycles. The van der Waals surface area contributed by atoms with Crippen molar-refractivity contribution in [1.82, 2.24) is 4.90 Å². The predicted molar refractivity (Wildman–Crippen MR) is 115 cm³/mol. The van der Waals surface area contributed by atoms with Crippen LogP contribution in [0.1, 0.15) is 24.0 Å². The van der Waals surface area contributed by atoms with Crippen LogP contribution >= 0.6 is 0 Å². The minimum Gasteiger partial charge on any atom is -0.493 e. The van der Waals surface area contributed by atoms with Crippen LogP contribution in [0, 0.1) is 5.92 Å². The van der Waals surface area contributed by atoms with Gasteiger partial charge in [0.1, 0.15) is 5.75 Å². The summed E-state index contributed by atoms with van der Waals surface area (Å²) in [5.41, 5.74) is 2.87. The van der Waals surface area contributed by atoms with Gasteiger partial charge in [-0.3, -0.25) is 9.59 Å². The number of rotatable bonds is 4. The molecule has 0 bridgehead atoms. The molecule has 2 amide bonds. The van der Waals surface area contributed by atoms with Gasteiger partial charge in [0.2, 0.25) is 18.6 Å². The van der Waals surface area contributed by atoms with Crippen molar-refractivity contribution in [2.75, 3.05) is 31.8 Å². The summed E-state index contributed by atoms with van der Waals surface area (Å²) in [6.07, 6.45) is 5.66. The van der Waals surface area contributed by atoms with Crippen LogP contribution in [0.2, 0.25) is 0 Å². The molecule has 3 aliphatic rings. The first-order valence-electron chi connectivity index (χ1n) is 10.6. The Kier molecular flexibility index (Phi) is 5.24.